The first-order valence-electron chi connectivity index (χ1n) is 8.22. The molecule has 0 spiro atoms. The lowest BCUT2D eigenvalue weighted by atomic mass is 10.00. The molecule has 1 aromatic heterocycles. The molecule has 2 N–H and O–H groups in total. The first kappa shape index (κ1) is 16.4. The molecule has 0 radical (unpaired) electrons. The summed E-state index contributed by atoms with van der Waals surface area (Å²) < 4.78 is 13.6. The molecule has 1 aromatic carbocycles. The van der Waals surface area contributed by atoms with Gasteiger partial charge in [-0.3, -0.25) is 4.79 Å². The van der Waals surface area contributed by atoms with Gasteiger partial charge in [0.1, 0.15) is 5.82 Å². The third-order valence-corrected chi connectivity index (χ3v) is 4.48. The molecule has 1 amide bonds. The minimum absolute atomic E-state index is 0.122. The second-order valence-corrected chi connectivity index (χ2v) is 6.15. The van der Waals surface area contributed by atoms with Gasteiger partial charge in [-0.25, -0.2) is 14.4 Å². The molecule has 2 aromatic rings. The lowest BCUT2D eigenvalue weighted by molar-refractivity contribution is 0.0679. The van der Waals surface area contributed by atoms with E-state index in [2.05, 4.69) is 9.97 Å². The third kappa shape index (κ3) is 3.37. The molecule has 24 heavy (non-hydrogen) atoms. The summed E-state index contributed by atoms with van der Waals surface area (Å²) >= 11 is 0. The highest BCUT2D eigenvalue weighted by atomic mass is 19.1. The number of hydrogen-bond donors (Lipinski definition) is 1. The second kappa shape index (κ2) is 6.95. The van der Waals surface area contributed by atoms with Gasteiger partial charge in [0.25, 0.3) is 5.91 Å². The Morgan fingerprint density at radius 3 is 2.92 bits per heavy atom. The Hall–Kier alpha value is -2.50. The highest BCUT2D eigenvalue weighted by Crippen LogP contribution is 2.32. The lowest BCUT2D eigenvalue weighted by Gasteiger charge is -2.31. The number of hydrogen-bond acceptors (Lipinski definition) is 4. The van der Waals surface area contributed by atoms with E-state index in [-0.39, 0.29) is 23.7 Å². The number of halogens is 1. The van der Waals surface area contributed by atoms with Crippen molar-refractivity contribution in [3.05, 3.63) is 53.1 Å². The fourth-order valence-electron chi connectivity index (χ4n) is 3.26. The van der Waals surface area contributed by atoms with Crippen molar-refractivity contribution >= 4 is 11.9 Å². The van der Waals surface area contributed by atoms with E-state index in [0.717, 1.165) is 31.2 Å². The largest absolute Gasteiger partial charge is 0.368 e. The van der Waals surface area contributed by atoms with Crippen molar-refractivity contribution < 1.29 is 9.18 Å². The van der Waals surface area contributed by atoms with Crippen LogP contribution in [-0.4, -0.2) is 27.3 Å². The molecule has 0 aliphatic carbocycles. The van der Waals surface area contributed by atoms with Gasteiger partial charge in [0, 0.05) is 12.7 Å². The van der Waals surface area contributed by atoms with E-state index >= 15 is 0 Å². The number of nitrogens with two attached hydrogens (primary N) is 1. The normalized spacial score (nSPS) is 18.2. The quantitative estimate of drug-likeness (QED) is 0.918. The predicted octanol–water partition coefficient (Wildman–Crippen LogP) is 3.26. The van der Waals surface area contributed by atoms with Crippen LogP contribution in [0.15, 0.2) is 30.5 Å². The molecule has 2 heterocycles. The fraction of sp³-hybridized carbons (Fsp3) is 0.389. The fourth-order valence-corrected chi connectivity index (χ4v) is 3.26. The minimum atomic E-state index is -0.281. The zero-order valence-corrected chi connectivity index (χ0v) is 13.7. The van der Waals surface area contributed by atoms with Crippen molar-refractivity contribution in [2.45, 2.75) is 38.6 Å². The summed E-state index contributed by atoms with van der Waals surface area (Å²) in [4.78, 5) is 22.9. The molecular formula is C18H21FN4O. The van der Waals surface area contributed by atoms with Crippen LogP contribution in [0, 0.1) is 12.7 Å². The first-order valence-corrected chi connectivity index (χ1v) is 8.22. The van der Waals surface area contributed by atoms with E-state index in [9.17, 15) is 9.18 Å². The van der Waals surface area contributed by atoms with E-state index in [4.69, 9.17) is 5.73 Å². The zero-order chi connectivity index (χ0) is 17.1. The van der Waals surface area contributed by atoms with Gasteiger partial charge >= 0.3 is 0 Å². The van der Waals surface area contributed by atoms with Gasteiger partial charge in [-0.05, 0) is 37.5 Å². The number of benzene rings is 1. The Bertz CT molecular complexity index is 750. The van der Waals surface area contributed by atoms with E-state index in [1.54, 1.807) is 13.0 Å². The maximum absolute atomic E-state index is 13.6. The van der Waals surface area contributed by atoms with Crippen LogP contribution in [0.1, 0.15) is 53.3 Å². The lowest BCUT2D eigenvalue weighted by Crippen LogP contribution is -2.35. The first-order chi connectivity index (χ1) is 11.6. The predicted molar refractivity (Wildman–Crippen MR) is 89.8 cm³/mol. The van der Waals surface area contributed by atoms with E-state index in [1.165, 1.54) is 18.3 Å². The average molecular weight is 328 g/mol. The molecule has 126 valence electrons. The van der Waals surface area contributed by atoms with Crippen molar-refractivity contribution in [1.29, 1.82) is 0 Å². The Morgan fingerprint density at radius 1 is 1.33 bits per heavy atom. The maximum atomic E-state index is 13.6. The summed E-state index contributed by atoms with van der Waals surface area (Å²) in [6.07, 6.45) is 5.32. The number of amides is 1. The van der Waals surface area contributed by atoms with Gasteiger partial charge in [0.2, 0.25) is 5.95 Å². The molecule has 3 rings (SSSR count). The number of carbonyl (C=O) groups excluding carboxylic acids is 1. The molecule has 1 aliphatic heterocycles. The summed E-state index contributed by atoms with van der Waals surface area (Å²) in [5.41, 5.74) is 7.43. The molecule has 0 saturated carbocycles. The Labute approximate surface area is 140 Å². The number of nitrogens with zero attached hydrogens (tertiary/aromatic N) is 3. The van der Waals surface area contributed by atoms with Gasteiger partial charge < -0.3 is 10.6 Å². The number of likely N-dealkylation sites (tertiary alicyclic amines) is 1. The highest BCUT2D eigenvalue weighted by Gasteiger charge is 2.29. The molecule has 6 heteroatoms. The summed E-state index contributed by atoms with van der Waals surface area (Å²) in [6.45, 7) is 2.39. The van der Waals surface area contributed by atoms with Crippen molar-refractivity contribution in [2.24, 2.45) is 0 Å². The molecule has 5 nitrogen and oxygen atoms in total. The Balaban J connectivity index is 1.96. The van der Waals surface area contributed by atoms with E-state index in [0.29, 0.717) is 17.8 Å². The van der Waals surface area contributed by atoms with Crippen LogP contribution in [0.5, 0.6) is 0 Å². The van der Waals surface area contributed by atoms with Gasteiger partial charge in [-0.15, -0.1) is 0 Å². The van der Waals surface area contributed by atoms with Crippen molar-refractivity contribution in [2.75, 3.05) is 12.3 Å². The van der Waals surface area contributed by atoms with Gasteiger partial charge in [-0.1, -0.05) is 25.0 Å². The number of nitrogen functional groups attached to an aromatic ring is 1. The zero-order valence-electron chi connectivity index (χ0n) is 13.7. The van der Waals surface area contributed by atoms with Crippen LogP contribution in [0.25, 0.3) is 0 Å². The number of aromatic nitrogens is 2. The maximum Gasteiger partial charge on any atom is 0.257 e. The summed E-state index contributed by atoms with van der Waals surface area (Å²) in [6, 6.07) is 6.38. The molecule has 1 aliphatic rings. The molecular weight excluding hydrogens is 307 g/mol. The molecule has 1 fully saturated rings. The third-order valence-electron chi connectivity index (χ3n) is 4.48. The summed E-state index contributed by atoms with van der Waals surface area (Å²) in [7, 11) is 0. The van der Waals surface area contributed by atoms with Crippen molar-refractivity contribution in [1.82, 2.24) is 14.9 Å². The highest BCUT2D eigenvalue weighted by molar-refractivity contribution is 5.95. The number of anilines is 1. The van der Waals surface area contributed by atoms with Gasteiger partial charge in [0.05, 0.1) is 17.3 Å². The monoisotopic (exact) mass is 328 g/mol. The number of rotatable bonds is 2. The van der Waals surface area contributed by atoms with Crippen LogP contribution in [0.3, 0.4) is 0 Å². The van der Waals surface area contributed by atoms with E-state index in [1.807, 2.05) is 11.0 Å². The Kier molecular flexibility index (Phi) is 4.74. The van der Waals surface area contributed by atoms with Crippen LogP contribution in [0.4, 0.5) is 10.3 Å². The van der Waals surface area contributed by atoms with Crippen LogP contribution >= 0.6 is 0 Å². The smallest absolute Gasteiger partial charge is 0.257 e. The SMILES string of the molecule is Cc1nc(N)ncc1C(=O)N1CCCCC[C@H]1c1cccc(F)c1. The Morgan fingerprint density at radius 2 is 2.17 bits per heavy atom. The van der Waals surface area contributed by atoms with Crippen LogP contribution in [0.2, 0.25) is 0 Å². The number of aryl methyl sites for hydroxylation is 1. The van der Waals surface area contributed by atoms with Gasteiger partial charge in [0.15, 0.2) is 0 Å². The molecule has 0 bridgehead atoms. The van der Waals surface area contributed by atoms with E-state index < -0.39 is 0 Å². The van der Waals surface area contributed by atoms with Crippen LogP contribution < -0.4 is 5.73 Å². The van der Waals surface area contributed by atoms with Crippen molar-refractivity contribution in [3.63, 3.8) is 0 Å². The van der Waals surface area contributed by atoms with Crippen molar-refractivity contribution in [3.8, 4) is 0 Å². The standard InChI is InChI=1S/C18H21FN4O/c1-12-15(11-21-18(20)22-12)17(24)23-9-4-2-3-8-16(23)13-6-5-7-14(19)10-13/h5-7,10-11,16H,2-4,8-9H2,1H3,(H2,20,21,22)/t16-/m0/s1. The van der Waals surface area contributed by atoms with Crippen LogP contribution in [-0.2, 0) is 0 Å². The average Bonchev–Trinajstić information content (AvgIpc) is 2.80. The number of carbonyl (C=O) groups is 1. The second-order valence-electron chi connectivity index (χ2n) is 6.15. The molecule has 0 unspecified atom stereocenters. The molecule has 1 saturated heterocycles. The summed E-state index contributed by atoms with van der Waals surface area (Å²) in [5, 5.41) is 0. The van der Waals surface area contributed by atoms with Gasteiger partial charge in [-0.2, -0.15) is 0 Å². The molecule has 1 atom stereocenters. The topological polar surface area (TPSA) is 72.1 Å². The summed E-state index contributed by atoms with van der Waals surface area (Å²) in [5.74, 6) is -0.249. The minimum Gasteiger partial charge on any atom is -0.368 e.